The van der Waals surface area contributed by atoms with Crippen molar-refractivity contribution in [2.45, 2.75) is 38.9 Å². The minimum Gasteiger partial charge on any atom is -0.302 e. The minimum absolute atomic E-state index is 0.0152. The Kier molecular flexibility index (Phi) is 8.10. The van der Waals surface area contributed by atoms with Gasteiger partial charge < -0.3 is 4.89 Å². The molecule has 0 heterocycles. The van der Waals surface area contributed by atoms with Crippen molar-refractivity contribution in [2.24, 2.45) is 11.8 Å². The molecular weight excluding hydrogens is 431 g/mol. The summed E-state index contributed by atoms with van der Waals surface area (Å²) in [6.45, 7) is 7.44. The highest BCUT2D eigenvalue weighted by Crippen LogP contribution is 2.54. The maximum absolute atomic E-state index is 12.4. The number of benzene rings is 2. The van der Waals surface area contributed by atoms with Crippen molar-refractivity contribution in [1.82, 2.24) is 0 Å². The van der Waals surface area contributed by atoms with Crippen LogP contribution in [-0.4, -0.2) is 16.1 Å². The molecule has 0 fully saturated rings. The number of allylic oxidation sites excluding steroid dienone is 4. The quantitative estimate of drug-likeness (QED) is 0.465. The second-order valence-electron chi connectivity index (χ2n) is 8.82. The van der Waals surface area contributed by atoms with Gasteiger partial charge in [0.2, 0.25) is 0 Å². The largest absolute Gasteiger partial charge is 0.473 e. The normalized spacial score (nSPS) is 29.7. The van der Waals surface area contributed by atoms with E-state index in [-0.39, 0.29) is 11.8 Å². The molecule has 4 rings (SSSR count). The monoisotopic (exact) mass is 464 g/mol. The van der Waals surface area contributed by atoms with Gasteiger partial charge in [-0.1, -0.05) is 123 Å². The summed E-state index contributed by atoms with van der Waals surface area (Å²) in [5, 5.41) is 0. The summed E-state index contributed by atoms with van der Waals surface area (Å²) in [6.07, 6.45) is 14.9. The van der Waals surface area contributed by atoms with Crippen molar-refractivity contribution < 1.29 is 18.5 Å². The van der Waals surface area contributed by atoms with Crippen LogP contribution in [0.1, 0.15) is 27.7 Å². The highest BCUT2D eigenvalue weighted by molar-refractivity contribution is 7.47. The van der Waals surface area contributed by atoms with Gasteiger partial charge in [-0.05, 0) is 25.0 Å². The Bertz CT molecular complexity index is 990. The van der Waals surface area contributed by atoms with E-state index in [0.717, 1.165) is 0 Å². The molecule has 0 saturated carbocycles. The Morgan fingerprint density at radius 1 is 0.697 bits per heavy atom. The molecule has 4 atom stereocenters. The Morgan fingerprint density at radius 2 is 1.06 bits per heavy atom. The predicted octanol–water partition coefficient (Wildman–Crippen LogP) is 7.52. The molecule has 0 aromatic heterocycles. The van der Waals surface area contributed by atoms with Crippen LogP contribution in [0.3, 0.4) is 0 Å². The van der Waals surface area contributed by atoms with Crippen LogP contribution in [0.4, 0.5) is 0 Å². The van der Waals surface area contributed by atoms with Crippen molar-refractivity contribution in [3.05, 3.63) is 109 Å². The fraction of sp³-hybridized carbons (Fsp3) is 0.286. The summed E-state index contributed by atoms with van der Waals surface area (Å²) < 4.78 is 23.4. The van der Waals surface area contributed by atoms with Gasteiger partial charge in [0.05, 0.1) is 0 Å². The molecule has 0 aliphatic heterocycles. The zero-order valence-electron chi connectivity index (χ0n) is 19.7. The van der Waals surface area contributed by atoms with E-state index < -0.39 is 19.0 Å². The van der Waals surface area contributed by atoms with E-state index in [1.807, 2.05) is 62.4 Å². The molecule has 2 aromatic rings. The van der Waals surface area contributed by atoms with Gasteiger partial charge in [0.1, 0.15) is 11.2 Å². The van der Waals surface area contributed by atoms with Gasteiger partial charge >= 0.3 is 7.82 Å². The number of hydrogen-bond acceptors (Lipinski definition) is 3. The van der Waals surface area contributed by atoms with Crippen LogP contribution in [0.2, 0.25) is 0 Å². The fourth-order valence-electron chi connectivity index (χ4n) is 3.64. The fourth-order valence-corrected chi connectivity index (χ4v) is 5.13. The van der Waals surface area contributed by atoms with Crippen LogP contribution >= 0.6 is 7.82 Å². The van der Waals surface area contributed by atoms with Crippen LogP contribution in [0.25, 0.3) is 11.1 Å². The molecule has 2 aliphatic rings. The summed E-state index contributed by atoms with van der Waals surface area (Å²) in [4.78, 5) is 10.2. The highest BCUT2D eigenvalue weighted by atomic mass is 31.2. The van der Waals surface area contributed by atoms with E-state index in [4.69, 9.17) is 9.05 Å². The molecule has 4 nitrogen and oxygen atoms in total. The number of rotatable bonds is 5. The van der Waals surface area contributed by atoms with Crippen molar-refractivity contribution in [3.63, 3.8) is 0 Å². The third-order valence-electron chi connectivity index (χ3n) is 6.19. The van der Waals surface area contributed by atoms with Gasteiger partial charge in [0.15, 0.2) is 0 Å². The van der Waals surface area contributed by atoms with E-state index in [1.165, 1.54) is 11.1 Å². The Labute approximate surface area is 197 Å². The topological polar surface area (TPSA) is 55.8 Å². The van der Waals surface area contributed by atoms with Gasteiger partial charge in [-0.25, -0.2) is 4.57 Å². The average molecular weight is 465 g/mol. The van der Waals surface area contributed by atoms with E-state index >= 15 is 0 Å². The summed E-state index contributed by atoms with van der Waals surface area (Å²) in [7, 11) is -4.21. The zero-order valence-corrected chi connectivity index (χ0v) is 20.6. The smallest absolute Gasteiger partial charge is 0.302 e. The highest BCUT2D eigenvalue weighted by Gasteiger charge is 2.43. The number of phosphoric acid groups is 1. The van der Waals surface area contributed by atoms with Gasteiger partial charge in [-0.2, -0.15) is 0 Å². The molecule has 2 aliphatic carbocycles. The lowest BCUT2D eigenvalue weighted by molar-refractivity contribution is -0.000238. The first-order chi connectivity index (χ1) is 15.6. The maximum atomic E-state index is 12.4. The average Bonchev–Trinajstić information content (AvgIpc) is 2.79. The van der Waals surface area contributed by atoms with Crippen LogP contribution in [0.15, 0.2) is 109 Å². The van der Waals surface area contributed by atoms with Crippen LogP contribution in [0, 0.1) is 11.8 Å². The van der Waals surface area contributed by atoms with Crippen LogP contribution < -0.4 is 0 Å². The number of hydrogen-bond donors (Lipinski definition) is 1. The first kappa shape index (κ1) is 25.1. The van der Waals surface area contributed by atoms with Crippen molar-refractivity contribution in [2.75, 3.05) is 0 Å². The van der Waals surface area contributed by atoms with Crippen molar-refractivity contribution in [1.29, 1.82) is 0 Å². The molecule has 4 unspecified atom stereocenters. The van der Waals surface area contributed by atoms with Gasteiger partial charge in [0, 0.05) is 11.8 Å². The molecular formula is C28H33O4P. The maximum Gasteiger partial charge on any atom is 0.473 e. The standard InChI is InChI=1S/C16H23O4P.C12H10/c1-13-9-5-7-11-15(13,3)19-21(17,18)20-16(4)12-8-6-10-14(16)2;1-3-7-11(8-4-1)12-9-5-2-6-10-12/h5-14H,1-4H3,(H,17,18);1-10H. The molecule has 0 amide bonds. The SMILES string of the molecule is CC1C=CC=CC1(C)OP(=O)(O)OC1(C)C=CC=CC1C.c1ccc(-c2ccccc2)cc1. The lowest BCUT2D eigenvalue weighted by Gasteiger charge is -2.38. The third-order valence-corrected chi connectivity index (χ3v) is 7.44. The first-order valence-corrected chi connectivity index (χ1v) is 12.7. The molecule has 174 valence electrons. The Balaban J connectivity index is 0.000000215. The van der Waals surface area contributed by atoms with E-state index in [2.05, 4.69) is 48.5 Å². The molecule has 2 aromatic carbocycles. The van der Waals surface area contributed by atoms with Crippen LogP contribution in [-0.2, 0) is 13.6 Å². The second-order valence-corrected chi connectivity index (χ2v) is 10.1. The zero-order chi connectivity index (χ0) is 24.0. The molecule has 5 heteroatoms. The molecule has 0 radical (unpaired) electrons. The Hall–Kier alpha value is -2.49. The molecule has 0 bridgehead atoms. The second kappa shape index (κ2) is 10.6. The molecule has 0 spiro atoms. The summed E-state index contributed by atoms with van der Waals surface area (Å²) in [5.74, 6) is -0.0304. The summed E-state index contributed by atoms with van der Waals surface area (Å²) in [5.41, 5.74) is 0.843. The Morgan fingerprint density at radius 3 is 1.39 bits per heavy atom. The predicted molar refractivity (Wildman–Crippen MR) is 136 cm³/mol. The van der Waals surface area contributed by atoms with Gasteiger partial charge in [-0.15, -0.1) is 0 Å². The molecule has 33 heavy (non-hydrogen) atoms. The molecule has 1 N–H and O–H groups in total. The lowest BCUT2D eigenvalue weighted by atomic mass is 9.87. The van der Waals surface area contributed by atoms with Crippen molar-refractivity contribution in [3.8, 4) is 11.1 Å². The van der Waals surface area contributed by atoms with E-state index in [9.17, 15) is 9.46 Å². The number of phosphoric ester groups is 1. The van der Waals surface area contributed by atoms with Crippen molar-refractivity contribution >= 4 is 7.82 Å². The third kappa shape index (κ3) is 6.75. The first-order valence-electron chi connectivity index (χ1n) is 11.2. The minimum atomic E-state index is -4.21. The van der Waals surface area contributed by atoms with E-state index in [1.54, 1.807) is 26.0 Å². The molecule has 0 saturated heterocycles. The summed E-state index contributed by atoms with van der Waals surface area (Å²) in [6, 6.07) is 20.8. The van der Waals surface area contributed by atoms with E-state index in [0.29, 0.717) is 0 Å². The summed E-state index contributed by atoms with van der Waals surface area (Å²) >= 11 is 0. The lowest BCUT2D eigenvalue weighted by Crippen LogP contribution is -2.37. The van der Waals surface area contributed by atoms with Gasteiger partial charge in [0.25, 0.3) is 0 Å². The van der Waals surface area contributed by atoms with Gasteiger partial charge in [-0.3, -0.25) is 9.05 Å². The van der Waals surface area contributed by atoms with Crippen LogP contribution in [0.5, 0.6) is 0 Å².